The van der Waals surface area contributed by atoms with Crippen LogP contribution in [0.15, 0.2) is 40.1 Å². The summed E-state index contributed by atoms with van der Waals surface area (Å²) in [4.78, 5) is 35.7. The SMILES string of the molecule is CC=Cc1ccc2n(c1=O)C[C@H]1[C@H](CO)[C@@H](C(=O)NCCCN3CCOCC3)[C@@H]2N1Cc1cocn1. The number of carbonyl (C=O) groups excluding carboxylic acids is 1. The van der Waals surface area contributed by atoms with Crippen LogP contribution in [0.5, 0.6) is 0 Å². The van der Waals surface area contributed by atoms with Crippen LogP contribution in [0.3, 0.4) is 0 Å². The molecule has 5 heterocycles. The molecule has 0 unspecified atom stereocenters. The van der Waals surface area contributed by atoms with Crippen LogP contribution in [0, 0.1) is 11.8 Å². The first kappa shape index (κ1) is 24.9. The monoisotopic (exact) mass is 497 g/mol. The van der Waals surface area contributed by atoms with Gasteiger partial charge in [0, 0.05) is 62.5 Å². The van der Waals surface area contributed by atoms with Gasteiger partial charge in [-0.3, -0.25) is 19.4 Å². The third-order valence-corrected chi connectivity index (χ3v) is 7.73. The van der Waals surface area contributed by atoms with Crippen molar-refractivity contribution in [1.82, 2.24) is 24.7 Å². The maximum Gasteiger partial charge on any atom is 0.258 e. The predicted octanol–water partition coefficient (Wildman–Crippen LogP) is 0.872. The second-order valence-electron chi connectivity index (χ2n) is 9.76. The number of aliphatic hydroxyl groups is 1. The molecule has 10 nitrogen and oxygen atoms in total. The Morgan fingerprint density at radius 1 is 1.31 bits per heavy atom. The second kappa shape index (κ2) is 11.1. The van der Waals surface area contributed by atoms with E-state index in [0.29, 0.717) is 25.2 Å². The number of ether oxygens (including phenoxy) is 1. The van der Waals surface area contributed by atoms with E-state index in [4.69, 9.17) is 9.15 Å². The smallest absolute Gasteiger partial charge is 0.258 e. The molecule has 2 fully saturated rings. The van der Waals surface area contributed by atoms with Crippen LogP contribution < -0.4 is 10.9 Å². The van der Waals surface area contributed by atoms with Gasteiger partial charge < -0.3 is 24.1 Å². The molecule has 2 aromatic rings. The zero-order chi connectivity index (χ0) is 25.1. The molecular formula is C26H35N5O5. The molecule has 5 rings (SSSR count). The third kappa shape index (κ3) is 4.78. The van der Waals surface area contributed by atoms with Crippen molar-refractivity contribution >= 4 is 12.0 Å². The normalized spacial score (nSPS) is 26.4. The van der Waals surface area contributed by atoms with Gasteiger partial charge in [0.05, 0.1) is 30.9 Å². The molecule has 2 aromatic heterocycles. The fraction of sp³-hybridized carbons (Fsp3) is 0.577. The van der Waals surface area contributed by atoms with E-state index in [9.17, 15) is 14.7 Å². The lowest BCUT2D eigenvalue weighted by Crippen LogP contribution is -2.46. The van der Waals surface area contributed by atoms with Crippen molar-refractivity contribution in [1.29, 1.82) is 0 Å². The van der Waals surface area contributed by atoms with E-state index in [0.717, 1.165) is 50.7 Å². The van der Waals surface area contributed by atoms with E-state index in [1.807, 2.05) is 31.2 Å². The summed E-state index contributed by atoms with van der Waals surface area (Å²) in [7, 11) is 0. The van der Waals surface area contributed by atoms with Gasteiger partial charge in [0.2, 0.25) is 5.91 Å². The first-order chi connectivity index (χ1) is 17.6. The summed E-state index contributed by atoms with van der Waals surface area (Å²) < 4.78 is 12.4. The minimum Gasteiger partial charge on any atom is -0.451 e. The molecule has 194 valence electrons. The molecular weight excluding hydrogens is 462 g/mol. The quantitative estimate of drug-likeness (QED) is 0.491. The Balaban J connectivity index is 1.39. The highest BCUT2D eigenvalue weighted by Gasteiger charge is 2.55. The average molecular weight is 498 g/mol. The van der Waals surface area contributed by atoms with Crippen LogP contribution in [0.4, 0.5) is 0 Å². The Kier molecular flexibility index (Phi) is 7.66. The molecule has 4 atom stereocenters. The first-order valence-corrected chi connectivity index (χ1v) is 12.8. The second-order valence-corrected chi connectivity index (χ2v) is 9.76. The van der Waals surface area contributed by atoms with Gasteiger partial charge in [-0.1, -0.05) is 12.2 Å². The van der Waals surface area contributed by atoms with Crippen LogP contribution in [-0.4, -0.2) is 82.4 Å². The van der Waals surface area contributed by atoms with Gasteiger partial charge in [-0.05, 0) is 32.0 Å². The van der Waals surface area contributed by atoms with Crippen molar-refractivity contribution in [2.45, 2.75) is 38.5 Å². The zero-order valence-electron chi connectivity index (χ0n) is 20.7. The fourth-order valence-electron chi connectivity index (χ4n) is 6.02. The van der Waals surface area contributed by atoms with Gasteiger partial charge in [-0.2, -0.15) is 0 Å². The number of hydrogen-bond acceptors (Lipinski definition) is 8. The van der Waals surface area contributed by atoms with Crippen LogP contribution in [0.25, 0.3) is 6.08 Å². The Bertz CT molecular complexity index is 1120. The summed E-state index contributed by atoms with van der Waals surface area (Å²) in [6, 6.07) is 3.26. The van der Waals surface area contributed by atoms with Gasteiger partial charge in [-0.15, -0.1) is 0 Å². The van der Waals surface area contributed by atoms with E-state index >= 15 is 0 Å². The summed E-state index contributed by atoms with van der Waals surface area (Å²) in [5.41, 5.74) is 2.12. The number of rotatable bonds is 9. The summed E-state index contributed by atoms with van der Waals surface area (Å²) in [6.45, 7) is 7.48. The minimum atomic E-state index is -0.476. The van der Waals surface area contributed by atoms with Crippen LogP contribution >= 0.6 is 0 Å². The molecule has 0 spiro atoms. The van der Waals surface area contributed by atoms with Crippen molar-refractivity contribution in [2.75, 3.05) is 46.0 Å². The molecule has 0 aromatic carbocycles. The molecule has 0 saturated carbocycles. The summed E-state index contributed by atoms with van der Waals surface area (Å²) in [5, 5.41) is 13.6. The van der Waals surface area contributed by atoms with Gasteiger partial charge in [0.25, 0.3) is 5.56 Å². The number of amides is 1. The van der Waals surface area contributed by atoms with Gasteiger partial charge >= 0.3 is 0 Å². The maximum absolute atomic E-state index is 13.6. The number of oxazole rings is 1. The Hall–Kier alpha value is -2.79. The molecule has 3 aliphatic rings. The van der Waals surface area contributed by atoms with Crippen molar-refractivity contribution < 1.29 is 19.1 Å². The third-order valence-electron chi connectivity index (χ3n) is 7.73. The molecule has 2 saturated heterocycles. The lowest BCUT2D eigenvalue weighted by atomic mass is 9.86. The molecule has 0 radical (unpaired) electrons. The van der Waals surface area contributed by atoms with Gasteiger partial charge in [-0.25, -0.2) is 4.98 Å². The van der Waals surface area contributed by atoms with Crippen LogP contribution in [0.2, 0.25) is 0 Å². The minimum absolute atomic E-state index is 0.0649. The number of morpholine rings is 1. The highest BCUT2D eigenvalue weighted by molar-refractivity contribution is 5.80. The summed E-state index contributed by atoms with van der Waals surface area (Å²) in [6.07, 6.45) is 7.50. The summed E-state index contributed by atoms with van der Waals surface area (Å²) in [5.74, 6) is -0.853. The molecule has 36 heavy (non-hydrogen) atoms. The molecule has 3 aliphatic heterocycles. The number of nitrogens with one attached hydrogen (secondary N) is 1. The van der Waals surface area contributed by atoms with Gasteiger partial charge in [0.1, 0.15) is 6.26 Å². The predicted molar refractivity (Wildman–Crippen MR) is 133 cm³/mol. The molecule has 0 aliphatic carbocycles. The van der Waals surface area contributed by atoms with Crippen molar-refractivity contribution in [3.8, 4) is 0 Å². The van der Waals surface area contributed by atoms with Crippen LogP contribution in [0.1, 0.15) is 36.3 Å². The van der Waals surface area contributed by atoms with Gasteiger partial charge in [0.15, 0.2) is 6.39 Å². The van der Waals surface area contributed by atoms with E-state index in [2.05, 4.69) is 20.1 Å². The standard InChI is InChI=1S/C26H35N5O5/c1-2-4-18-5-6-21-24-23(25(33)27-7-3-8-29-9-11-35-12-10-29)20(15-32)22(14-31(21)26(18)34)30(24)13-19-16-36-17-28-19/h2,4-6,16-17,20,22-24,32H,3,7-15H2,1H3,(H,27,33)/t20-,22-,23+,24+/m0/s1. The number of aliphatic hydroxyl groups excluding tert-OH is 1. The molecule has 2 N–H and O–H groups in total. The van der Waals surface area contributed by atoms with E-state index in [1.54, 1.807) is 10.8 Å². The number of carbonyl (C=O) groups is 1. The zero-order valence-corrected chi connectivity index (χ0v) is 20.7. The Labute approximate surface area is 210 Å². The number of pyridine rings is 1. The summed E-state index contributed by atoms with van der Waals surface area (Å²) >= 11 is 0. The average Bonchev–Trinajstić information content (AvgIpc) is 3.48. The largest absolute Gasteiger partial charge is 0.451 e. The molecule has 10 heteroatoms. The fourth-order valence-corrected chi connectivity index (χ4v) is 6.02. The first-order valence-electron chi connectivity index (χ1n) is 12.8. The number of allylic oxidation sites excluding steroid dienone is 1. The van der Waals surface area contributed by atoms with E-state index < -0.39 is 5.92 Å². The Morgan fingerprint density at radius 3 is 2.86 bits per heavy atom. The van der Waals surface area contributed by atoms with Crippen LogP contribution in [-0.2, 0) is 22.6 Å². The number of fused-ring (bicyclic) bond motifs is 4. The van der Waals surface area contributed by atoms with E-state index in [-0.39, 0.29) is 36.1 Å². The Morgan fingerprint density at radius 2 is 2.14 bits per heavy atom. The highest BCUT2D eigenvalue weighted by atomic mass is 16.5. The topological polar surface area (TPSA) is 113 Å². The number of aromatic nitrogens is 2. The van der Waals surface area contributed by atoms with E-state index in [1.165, 1.54) is 6.39 Å². The number of nitrogens with zero attached hydrogens (tertiary/aromatic N) is 4. The lowest BCUT2D eigenvalue weighted by molar-refractivity contribution is -0.127. The van der Waals surface area contributed by atoms with Crippen molar-refractivity contribution in [3.05, 3.63) is 58.2 Å². The van der Waals surface area contributed by atoms with Crippen molar-refractivity contribution in [2.24, 2.45) is 11.8 Å². The highest BCUT2D eigenvalue weighted by Crippen LogP contribution is 2.48. The van der Waals surface area contributed by atoms with Crippen molar-refractivity contribution in [3.63, 3.8) is 0 Å². The lowest BCUT2D eigenvalue weighted by Gasteiger charge is -2.37. The molecule has 2 bridgehead atoms. The maximum atomic E-state index is 13.6. The number of hydrogen-bond donors (Lipinski definition) is 2. The molecule has 1 amide bonds.